The standard InChI is InChI=1S/C16H22N4O3/c1-10-11(8-17-14(18-10)23-3)9-20-13(21)16(2,19-15(20)22)12-6-4-5-7-12/h8,12H,4-7,9H2,1-3H3,(H,19,22). The lowest BCUT2D eigenvalue weighted by molar-refractivity contribution is -0.132. The normalized spacial score (nSPS) is 25.1. The maximum atomic E-state index is 12.8. The summed E-state index contributed by atoms with van der Waals surface area (Å²) < 4.78 is 4.98. The summed E-state index contributed by atoms with van der Waals surface area (Å²) in [6.45, 7) is 3.84. The summed E-state index contributed by atoms with van der Waals surface area (Å²) in [4.78, 5) is 34.7. The predicted molar refractivity (Wildman–Crippen MR) is 82.8 cm³/mol. The van der Waals surface area contributed by atoms with Gasteiger partial charge in [-0.15, -0.1) is 0 Å². The van der Waals surface area contributed by atoms with Crippen LogP contribution in [0.1, 0.15) is 43.9 Å². The van der Waals surface area contributed by atoms with E-state index in [0.29, 0.717) is 5.69 Å². The minimum Gasteiger partial charge on any atom is -0.467 e. The lowest BCUT2D eigenvalue weighted by Crippen LogP contribution is -2.49. The molecule has 2 fully saturated rings. The van der Waals surface area contributed by atoms with E-state index in [1.807, 2.05) is 13.8 Å². The largest absolute Gasteiger partial charge is 0.467 e. The predicted octanol–water partition coefficient (Wildman–Crippen LogP) is 1.79. The maximum absolute atomic E-state index is 12.8. The number of urea groups is 1. The molecule has 1 saturated carbocycles. The van der Waals surface area contributed by atoms with Crippen LogP contribution in [-0.2, 0) is 11.3 Å². The average molecular weight is 318 g/mol. The zero-order valence-electron chi connectivity index (χ0n) is 13.8. The first kappa shape index (κ1) is 15.7. The first-order valence-corrected chi connectivity index (χ1v) is 7.96. The summed E-state index contributed by atoms with van der Waals surface area (Å²) in [5.41, 5.74) is 0.659. The number of nitrogens with zero attached hydrogens (tertiary/aromatic N) is 3. The second-order valence-corrected chi connectivity index (χ2v) is 6.47. The molecular formula is C16H22N4O3. The molecule has 3 rings (SSSR count). The van der Waals surface area contributed by atoms with Crippen LogP contribution in [0.2, 0.25) is 0 Å². The third kappa shape index (κ3) is 2.64. The number of rotatable bonds is 4. The van der Waals surface area contributed by atoms with Gasteiger partial charge in [-0.05, 0) is 32.6 Å². The number of aromatic nitrogens is 2. The van der Waals surface area contributed by atoms with Crippen molar-refractivity contribution < 1.29 is 14.3 Å². The number of aryl methyl sites for hydroxylation is 1. The Morgan fingerprint density at radius 3 is 2.70 bits per heavy atom. The van der Waals surface area contributed by atoms with E-state index in [1.165, 1.54) is 12.0 Å². The van der Waals surface area contributed by atoms with E-state index in [2.05, 4.69) is 15.3 Å². The first-order chi connectivity index (χ1) is 11.0. The molecule has 7 nitrogen and oxygen atoms in total. The Morgan fingerprint density at radius 2 is 2.09 bits per heavy atom. The van der Waals surface area contributed by atoms with E-state index in [4.69, 9.17) is 4.74 Å². The van der Waals surface area contributed by atoms with Gasteiger partial charge in [-0.2, -0.15) is 0 Å². The van der Waals surface area contributed by atoms with Crippen molar-refractivity contribution in [3.63, 3.8) is 0 Å². The number of ether oxygens (including phenoxy) is 1. The molecule has 1 aliphatic heterocycles. The summed E-state index contributed by atoms with van der Waals surface area (Å²) in [6.07, 6.45) is 5.82. The van der Waals surface area contributed by atoms with Gasteiger partial charge in [0, 0.05) is 17.5 Å². The van der Waals surface area contributed by atoms with E-state index < -0.39 is 5.54 Å². The molecule has 124 valence electrons. The van der Waals surface area contributed by atoms with Crippen LogP contribution in [0.15, 0.2) is 6.20 Å². The van der Waals surface area contributed by atoms with E-state index in [1.54, 1.807) is 6.20 Å². The molecule has 1 aliphatic carbocycles. The highest BCUT2D eigenvalue weighted by atomic mass is 16.5. The molecule has 2 aliphatic rings. The van der Waals surface area contributed by atoms with Crippen LogP contribution in [0.5, 0.6) is 6.01 Å². The van der Waals surface area contributed by atoms with Gasteiger partial charge in [-0.3, -0.25) is 9.69 Å². The Kier molecular flexibility index (Phi) is 3.95. The summed E-state index contributed by atoms with van der Waals surface area (Å²) in [5.74, 6) is 0.0711. The zero-order chi connectivity index (χ0) is 16.6. The molecule has 0 spiro atoms. The van der Waals surface area contributed by atoms with Gasteiger partial charge >= 0.3 is 12.0 Å². The fraction of sp³-hybridized carbons (Fsp3) is 0.625. The van der Waals surface area contributed by atoms with Gasteiger partial charge in [0.25, 0.3) is 5.91 Å². The highest BCUT2D eigenvalue weighted by Crippen LogP contribution is 2.38. The van der Waals surface area contributed by atoms with Crippen molar-refractivity contribution in [3.05, 3.63) is 17.5 Å². The zero-order valence-corrected chi connectivity index (χ0v) is 13.8. The quantitative estimate of drug-likeness (QED) is 0.856. The fourth-order valence-electron chi connectivity index (χ4n) is 3.53. The number of carbonyl (C=O) groups excluding carboxylic acids is 2. The summed E-state index contributed by atoms with van der Waals surface area (Å²) in [6, 6.07) is -0.0566. The molecule has 2 heterocycles. The van der Waals surface area contributed by atoms with Crippen LogP contribution in [0.3, 0.4) is 0 Å². The second-order valence-electron chi connectivity index (χ2n) is 6.47. The molecule has 1 saturated heterocycles. The summed E-state index contributed by atoms with van der Waals surface area (Å²) >= 11 is 0. The fourth-order valence-corrected chi connectivity index (χ4v) is 3.53. The van der Waals surface area contributed by atoms with Crippen molar-refractivity contribution in [3.8, 4) is 6.01 Å². The highest BCUT2D eigenvalue weighted by Gasteiger charge is 2.52. The van der Waals surface area contributed by atoms with E-state index >= 15 is 0 Å². The van der Waals surface area contributed by atoms with Gasteiger partial charge in [0.05, 0.1) is 13.7 Å². The maximum Gasteiger partial charge on any atom is 0.325 e. The Hall–Kier alpha value is -2.18. The number of amides is 3. The SMILES string of the molecule is COc1ncc(CN2C(=O)NC(C)(C3CCCC3)C2=O)c(C)n1. The number of hydrogen-bond acceptors (Lipinski definition) is 5. The highest BCUT2D eigenvalue weighted by molar-refractivity contribution is 6.06. The third-order valence-corrected chi connectivity index (χ3v) is 5.04. The monoisotopic (exact) mass is 318 g/mol. The Balaban J connectivity index is 1.80. The van der Waals surface area contributed by atoms with Crippen molar-refractivity contribution in [1.29, 1.82) is 0 Å². The van der Waals surface area contributed by atoms with Crippen LogP contribution < -0.4 is 10.1 Å². The number of methoxy groups -OCH3 is 1. The molecule has 0 bridgehead atoms. The number of nitrogens with one attached hydrogen (secondary N) is 1. The molecule has 1 aromatic rings. The van der Waals surface area contributed by atoms with Gasteiger partial charge in [0.15, 0.2) is 0 Å². The molecular weight excluding hydrogens is 296 g/mol. The average Bonchev–Trinajstić information content (AvgIpc) is 3.13. The van der Waals surface area contributed by atoms with Crippen molar-refractivity contribution in [2.24, 2.45) is 5.92 Å². The topological polar surface area (TPSA) is 84.4 Å². The lowest BCUT2D eigenvalue weighted by Gasteiger charge is -2.28. The molecule has 23 heavy (non-hydrogen) atoms. The molecule has 0 radical (unpaired) electrons. The number of carbonyl (C=O) groups is 2. The van der Waals surface area contributed by atoms with Crippen LogP contribution in [-0.4, -0.2) is 39.5 Å². The summed E-state index contributed by atoms with van der Waals surface area (Å²) in [7, 11) is 1.50. The number of imide groups is 1. The molecule has 1 atom stereocenters. The van der Waals surface area contributed by atoms with Crippen LogP contribution in [0.4, 0.5) is 4.79 Å². The second kappa shape index (κ2) is 5.79. The van der Waals surface area contributed by atoms with E-state index in [-0.39, 0.29) is 30.4 Å². The van der Waals surface area contributed by atoms with Gasteiger partial charge in [-0.1, -0.05) is 12.8 Å². The molecule has 1 unspecified atom stereocenters. The Labute approximate surface area is 135 Å². The van der Waals surface area contributed by atoms with Crippen LogP contribution in [0, 0.1) is 12.8 Å². The third-order valence-electron chi connectivity index (χ3n) is 5.04. The number of hydrogen-bond donors (Lipinski definition) is 1. The van der Waals surface area contributed by atoms with Crippen LogP contribution >= 0.6 is 0 Å². The lowest BCUT2D eigenvalue weighted by atomic mass is 9.84. The smallest absolute Gasteiger partial charge is 0.325 e. The van der Waals surface area contributed by atoms with Gasteiger partial charge in [0.2, 0.25) is 0 Å². The van der Waals surface area contributed by atoms with Gasteiger partial charge in [0.1, 0.15) is 5.54 Å². The van der Waals surface area contributed by atoms with Crippen molar-refractivity contribution in [2.45, 2.75) is 51.6 Å². The minimum absolute atomic E-state index is 0.149. The van der Waals surface area contributed by atoms with E-state index in [0.717, 1.165) is 31.2 Å². The molecule has 3 amide bonds. The Bertz CT molecular complexity index is 642. The minimum atomic E-state index is -0.783. The van der Waals surface area contributed by atoms with Gasteiger partial charge in [-0.25, -0.2) is 14.8 Å². The molecule has 1 aromatic heterocycles. The first-order valence-electron chi connectivity index (χ1n) is 7.96. The summed E-state index contributed by atoms with van der Waals surface area (Å²) in [5, 5.41) is 2.91. The van der Waals surface area contributed by atoms with Crippen molar-refractivity contribution in [1.82, 2.24) is 20.2 Å². The van der Waals surface area contributed by atoms with Crippen molar-refractivity contribution in [2.75, 3.05) is 7.11 Å². The van der Waals surface area contributed by atoms with E-state index in [9.17, 15) is 9.59 Å². The molecule has 0 aromatic carbocycles. The van der Waals surface area contributed by atoms with Crippen molar-refractivity contribution >= 4 is 11.9 Å². The van der Waals surface area contributed by atoms with Crippen LogP contribution in [0.25, 0.3) is 0 Å². The molecule has 1 N–H and O–H groups in total. The Morgan fingerprint density at radius 1 is 1.39 bits per heavy atom. The molecule has 7 heteroatoms. The van der Waals surface area contributed by atoms with Gasteiger partial charge < -0.3 is 10.1 Å².